The number of rotatable bonds is 5. The summed E-state index contributed by atoms with van der Waals surface area (Å²) in [4.78, 5) is 27.6. The average molecular weight is 501 g/mol. The summed E-state index contributed by atoms with van der Waals surface area (Å²) in [6.45, 7) is 0.266. The predicted octanol–water partition coefficient (Wildman–Crippen LogP) is 6.23. The monoisotopic (exact) mass is 500 g/mol. The van der Waals surface area contributed by atoms with E-state index < -0.39 is 0 Å². The largest absolute Gasteiger partial charge is 0.489 e. The molecule has 1 aromatic heterocycles. The Morgan fingerprint density at radius 3 is 2.82 bits per heavy atom. The highest BCUT2D eigenvalue weighted by atomic mass is 35.5. The van der Waals surface area contributed by atoms with Crippen LogP contribution in [0.2, 0.25) is 5.02 Å². The molecule has 1 N–H and O–H groups in total. The molecular formula is C24H21ClN2O4S2. The van der Waals surface area contributed by atoms with Crippen molar-refractivity contribution < 1.29 is 9.66 Å². The van der Waals surface area contributed by atoms with Crippen LogP contribution in [-0.2, 0) is 6.61 Å². The van der Waals surface area contributed by atoms with Gasteiger partial charge in [-0.1, -0.05) is 41.1 Å². The van der Waals surface area contributed by atoms with Gasteiger partial charge in [-0.3, -0.25) is 14.9 Å². The van der Waals surface area contributed by atoms with Gasteiger partial charge in [-0.05, 0) is 49.1 Å². The van der Waals surface area contributed by atoms with Gasteiger partial charge in [0.25, 0.3) is 5.69 Å². The van der Waals surface area contributed by atoms with Crippen LogP contribution in [0.25, 0.3) is 0 Å². The molecule has 6 rings (SSSR count). The minimum absolute atomic E-state index is 0.0393. The second-order valence-electron chi connectivity index (χ2n) is 9.04. The van der Waals surface area contributed by atoms with Crippen molar-refractivity contribution in [2.24, 2.45) is 17.8 Å². The maximum atomic E-state index is 12.3. The molecule has 0 amide bonds. The Kier molecular flexibility index (Phi) is 5.27. The third kappa shape index (κ3) is 3.59. The Labute approximate surface area is 203 Å². The van der Waals surface area contributed by atoms with Crippen LogP contribution in [0.1, 0.15) is 41.2 Å². The molecule has 33 heavy (non-hydrogen) atoms. The molecule has 0 unspecified atom stereocenters. The molecule has 2 fully saturated rings. The molecule has 0 spiro atoms. The van der Waals surface area contributed by atoms with Gasteiger partial charge in [-0.25, -0.2) is 0 Å². The number of hydrogen-bond donors (Lipinski definition) is 1. The van der Waals surface area contributed by atoms with Crippen molar-refractivity contribution in [1.29, 1.82) is 0 Å². The first-order chi connectivity index (χ1) is 16.0. The van der Waals surface area contributed by atoms with E-state index in [9.17, 15) is 14.9 Å². The van der Waals surface area contributed by atoms with E-state index in [1.807, 2.05) is 24.3 Å². The van der Waals surface area contributed by atoms with Crippen molar-refractivity contribution in [3.05, 3.63) is 83.3 Å². The third-order valence-corrected chi connectivity index (χ3v) is 10.3. The number of nitrogens with zero attached hydrogens (tertiary/aromatic N) is 1. The van der Waals surface area contributed by atoms with Crippen molar-refractivity contribution in [3.63, 3.8) is 0 Å². The van der Waals surface area contributed by atoms with Crippen LogP contribution in [0.3, 0.4) is 0 Å². The van der Waals surface area contributed by atoms with E-state index in [1.54, 1.807) is 23.9 Å². The van der Waals surface area contributed by atoms with E-state index in [0.29, 0.717) is 33.8 Å². The summed E-state index contributed by atoms with van der Waals surface area (Å²) in [5.41, 5.74) is 1.69. The summed E-state index contributed by atoms with van der Waals surface area (Å²) in [5, 5.41) is 13.6. The number of thiazole rings is 1. The molecule has 2 aromatic carbocycles. The summed E-state index contributed by atoms with van der Waals surface area (Å²) in [6.07, 6.45) is 3.60. The van der Waals surface area contributed by atoms with Gasteiger partial charge in [0.1, 0.15) is 12.4 Å². The number of hydrogen-bond acceptors (Lipinski definition) is 6. The van der Waals surface area contributed by atoms with Gasteiger partial charge < -0.3 is 9.72 Å². The Morgan fingerprint density at radius 1 is 1.18 bits per heavy atom. The molecule has 9 heteroatoms. The lowest BCUT2D eigenvalue weighted by atomic mass is 9.74. The molecule has 2 bridgehead atoms. The molecule has 2 heterocycles. The minimum atomic E-state index is -0.363. The molecule has 5 atom stereocenters. The third-order valence-electron chi connectivity index (χ3n) is 7.35. The fraction of sp³-hybridized carbons (Fsp3) is 0.375. The summed E-state index contributed by atoms with van der Waals surface area (Å²) in [6, 6.07) is 12.3. The summed E-state index contributed by atoms with van der Waals surface area (Å²) < 4.78 is 6.24. The van der Waals surface area contributed by atoms with Gasteiger partial charge in [-0.2, -0.15) is 0 Å². The van der Waals surface area contributed by atoms with Gasteiger partial charge in [-0.15, -0.1) is 11.8 Å². The molecular weight excluding hydrogens is 480 g/mol. The number of nitro benzene ring substituents is 1. The van der Waals surface area contributed by atoms with Crippen LogP contribution >= 0.6 is 34.7 Å². The number of fused-ring (bicyclic) bond motifs is 6. The molecule has 6 nitrogen and oxygen atoms in total. The summed E-state index contributed by atoms with van der Waals surface area (Å²) >= 11 is 9.35. The van der Waals surface area contributed by atoms with Gasteiger partial charge >= 0.3 is 4.87 Å². The van der Waals surface area contributed by atoms with E-state index in [-0.39, 0.29) is 28.0 Å². The molecule has 2 aliphatic carbocycles. The minimum Gasteiger partial charge on any atom is -0.489 e. The fourth-order valence-corrected chi connectivity index (χ4v) is 9.07. The number of thioether (sulfide) groups is 1. The Balaban J connectivity index is 1.46. The fourth-order valence-electron chi connectivity index (χ4n) is 5.99. The van der Waals surface area contributed by atoms with Crippen LogP contribution in [-0.4, -0.2) is 15.2 Å². The number of H-pyrrole nitrogens is 1. The van der Waals surface area contributed by atoms with Crippen LogP contribution in [0.5, 0.6) is 5.75 Å². The van der Waals surface area contributed by atoms with E-state index >= 15 is 0 Å². The van der Waals surface area contributed by atoms with E-state index in [0.717, 1.165) is 21.0 Å². The highest BCUT2D eigenvalue weighted by Gasteiger charge is 2.55. The lowest BCUT2D eigenvalue weighted by Gasteiger charge is -2.40. The van der Waals surface area contributed by atoms with Crippen LogP contribution < -0.4 is 9.61 Å². The number of benzene rings is 2. The molecule has 0 saturated heterocycles. The normalized spacial score (nSPS) is 27.2. The molecule has 170 valence electrons. The zero-order valence-corrected chi connectivity index (χ0v) is 19.9. The smallest absolute Gasteiger partial charge is 0.305 e. The van der Waals surface area contributed by atoms with Crippen molar-refractivity contribution >= 4 is 40.4 Å². The van der Waals surface area contributed by atoms with Crippen LogP contribution in [0.15, 0.2) is 52.3 Å². The number of nitro groups is 1. The van der Waals surface area contributed by atoms with Crippen molar-refractivity contribution in [2.45, 2.75) is 42.1 Å². The number of ether oxygens (including phenoxy) is 1. The first-order valence-corrected chi connectivity index (χ1v) is 13.1. The summed E-state index contributed by atoms with van der Waals surface area (Å²) in [7, 11) is 0. The highest BCUT2D eigenvalue weighted by molar-refractivity contribution is 8.00. The van der Waals surface area contributed by atoms with Crippen LogP contribution in [0, 0.1) is 27.9 Å². The number of halogens is 1. The number of aromatic amines is 1. The SMILES string of the molecule is O=c1[nH]c2c(s1)[C@@H](c1cc([N+](=O)[O-])ccc1OCc1ccccc1Cl)[C@H]1[C@H]3CC[C@@H](C3)[C@@H]1S2. The zero-order chi connectivity index (χ0) is 22.7. The average Bonchev–Trinajstić information content (AvgIpc) is 3.51. The van der Waals surface area contributed by atoms with Crippen LogP contribution in [0.4, 0.5) is 5.69 Å². The summed E-state index contributed by atoms with van der Waals surface area (Å²) in [5.74, 6) is 2.07. The highest BCUT2D eigenvalue weighted by Crippen LogP contribution is 2.64. The molecule has 2 saturated carbocycles. The Morgan fingerprint density at radius 2 is 2.00 bits per heavy atom. The van der Waals surface area contributed by atoms with E-state index in [1.165, 1.54) is 36.7 Å². The van der Waals surface area contributed by atoms with Gasteiger partial charge in [0.2, 0.25) is 0 Å². The standard InChI is InChI=1S/C24H21ClN2O4S2/c25-17-4-2-1-3-14(17)11-31-18-8-7-15(27(29)30)10-16(18)20-19-12-5-6-13(9-12)21(19)32-23-22(20)33-24(28)26-23/h1-4,7-8,10,12-13,19-21H,5-6,9,11H2,(H,26,28)/t12-,13-,19+,20-,21-/m0/s1. The lowest BCUT2D eigenvalue weighted by molar-refractivity contribution is -0.385. The first-order valence-electron chi connectivity index (χ1n) is 11.0. The Hall–Kier alpha value is -2.29. The van der Waals surface area contributed by atoms with Gasteiger partial charge in [0.05, 0.1) is 9.95 Å². The van der Waals surface area contributed by atoms with Crippen molar-refractivity contribution in [2.75, 3.05) is 0 Å². The topological polar surface area (TPSA) is 85.2 Å². The second kappa shape index (κ2) is 8.18. The zero-order valence-electron chi connectivity index (χ0n) is 17.5. The number of non-ortho nitro benzene ring substituents is 1. The molecule has 3 aliphatic rings. The molecule has 0 radical (unpaired) electrons. The van der Waals surface area contributed by atoms with Crippen molar-refractivity contribution in [1.82, 2.24) is 4.98 Å². The number of nitrogens with one attached hydrogen (secondary N) is 1. The van der Waals surface area contributed by atoms with E-state index in [4.69, 9.17) is 16.3 Å². The predicted molar refractivity (Wildman–Crippen MR) is 130 cm³/mol. The quantitative estimate of drug-likeness (QED) is 0.331. The number of aromatic nitrogens is 1. The van der Waals surface area contributed by atoms with Gasteiger partial charge in [0, 0.05) is 44.3 Å². The molecule has 1 aliphatic heterocycles. The first kappa shape index (κ1) is 21.3. The second-order valence-corrected chi connectivity index (χ2v) is 11.6. The maximum Gasteiger partial charge on any atom is 0.305 e. The van der Waals surface area contributed by atoms with Crippen molar-refractivity contribution in [3.8, 4) is 5.75 Å². The maximum absolute atomic E-state index is 12.3. The van der Waals surface area contributed by atoms with E-state index in [2.05, 4.69) is 4.98 Å². The molecule has 3 aromatic rings. The van der Waals surface area contributed by atoms with Gasteiger partial charge in [0.15, 0.2) is 0 Å². The lowest BCUT2D eigenvalue weighted by Crippen LogP contribution is -2.33. The Bertz CT molecular complexity index is 1310.